The minimum atomic E-state index is -0.200. The van der Waals surface area contributed by atoms with E-state index in [1.165, 1.54) is 5.56 Å². The van der Waals surface area contributed by atoms with E-state index in [0.29, 0.717) is 5.92 Å². The average Bonchev–Trinajstić information content (AvgIpc) is 2.54. The van der Waals surface area contributed by atoms with Gasteiger partial charge in [0.15, 0.2) is 0 Å². The lowest BCUT2D eigenvalue weighted by molar-refractivity contribution is 0.110. The first-order valence-corrected chi connectivity index (χ1v) is 6.53. The maximum atomic E-state index is 9.96. The summed E-state index contributed by atoms with van der Waals surface area (Å²) in [4.78, 5) is 0. The lowest BCUT2D eigenvalue weighted by atomic mass is 9.78. The Balaban J connectivity index is 2.39. The van der Waals surface area contributed by atoms with E-state index >= 15 is 0 Å². The molecule has 1 heterocycles. The lowest BCUT2D eigenvalue weighted by Crippen LogP contribution is -2.23. The summed E-state index contributed by atoms with van der Waals surface area (Å²) < 4.78 is 0. The molecule has 0 aliphatic heterocycles. The van der Waals surface area contributed by atoms with Crippen LogP contribution in [0, 0.1) is 11.3 Å². The first kappa shape index (κ1) is 12.7. The highest BCUT2D eigenvalue weighted by atomic mass is 32.1. The van der Waals surface area contributed by atoms with Gasteiger partial charge in [0, 0.05) is 0 Å². The molecule has 0 saturated carbocycles. The summed E-state index contributed by atoms with van der Waals surface area (Å²) in [6.45, 7) is 8.91. The molecule has 0 fully saturated rings. The van der Waals surface area contributed by atoms with Gasteiger partial charge in [-0.3, -0.25) is 0 Å². The summed E-state index contributed by atoms with van der Waals surface area (Å²) in [7, 11) is 0. The van der Waals surface area contributed by atoms with Crippen LogP contribution in [0.2, 0.25) is 0 Å². The fourth-order valence-electron chi connectivity index (χ4n) is 1.53. The predicted octanol–water partition coefficient (Wildman–Crippen LogP) is 3.72. The van der Waals surface area contributed by atoms with Crippen molar-refractivity contribution in [3.63, 3.8) is 0 Å². The third-order valence-electron chi connectivity index (χ3n) is 3.16. The van der Waals surface area contributed by atoms with Crippen molar-refractivity contribution < 1.29 is 5.11 Å². The highest BCUT2D eigenvalue weighted by molar-refractivity contribution is 7.07. The van der Waals surface area contributed by atoms with Crippen molar-refractivity contribution in [2.75, 3.05) is 0 Å². The second-order valence-corrected chi connectivity index (χ2v) is 6.27. The van der Waals surface area contributed by atoms with E-state index in [0.717, 1.165) is 12.8 Å². The fourth-order valence-corrected chi connectivity index (χ4v) is 2.21. The van der Waals surface area contributed by atoms with Crippen LogP contribution in [-0.2, 0) is 6.42 Å². The van der Waals surface area contributed by atoms with Crippen LogP contribution >= 0.6 is 11.3 Å². The second kappa shape index (κ2) is 5.13. The average molecular weight is 226 g/mol. The van der Waals surface area contributed by atoms with Crippen LogP contribution in [0.15, 0.2) is 16.8 Å². The Morgan fingerprint density at radius 3 is 2.53 bits per heavy atom. The summed E-state index contributed by atoms with van der Waals surface area (Å²) in [5.41, 5.74) is 1.55. The normalized spacial score (nSPS) is 16.3. The van der Waals surface area contributed by atoms with Gasteiger partial charge in [-0.1, -0.05) is 27.7 Å². The van der Waals surface area contributed by atoms with Crippen molar-refractivity contribution in [2.45, 2.75) is 46.6 Å². The molecule has 0 amide bonds. The number of thiophene rings is 1. The van der Waals surface area contributed by atoms with E-state index in [4.69, 9.17) is 0 Å². The Morgan fingerprint density at radius 1 is 1.40 bits per heavy atom. The van der Waals surface area contributed by atoms with E-state index in [-0.39, 0.29) is 11.5 Å². The molecule has 0 spiro atoms. The highest BCUT2D eigenvalue weighted by Gasteiger charge is 2.22. The van der Waals surface area contributed by atoms with Gasteiger partial charge in [-0.05, 0) is 46.6 Å². The van der Waals surface area contributed by atoms with Crippen molar-refractivity contribution in [3.8, 4) is 0 Å². The minimum absolute atomic E-state index is 0.200. The molecule has 2 heteroatoms. The number of hydrogen-bond donors (Lipinski definition) is 1. The molecule has 0 saturated heterocycles. The van der Waals surface area contributed by atoms with Crippen LogP contribution in [0.4, 0.5) is 0 Å². The van der Waals surface area contributed by atoms with Gasteiger partial charge >= 0.3 is 0 Å². The Labute approximate surface area is 97.2 Å². The maximum Gasteiger partial charge on any atom is 0.0583 e. The lowest BCUT2D eigenvalue weighted by Gasteiger charge is -2.29. The molecule has 0 aliphatic rings. The van der Waals surface area contributed by atoms with E-state index in [9.17, 15) is 5.11 Å². The van der Waals surface area contributed by atoms with Gasteiger partial charge in [0.25, 0.3) is 0 Å². The molecule has 1 nitrogen and oxygen atoms in total. The first-order chi connectivity index (χ1) is 6.89. The monoisotopic (exact) mass is 226 g/mol. The second-order valence-electron chi connectivity index (χ2n) is 5.49. The van der Waals surface area contributed by atoms with Crippen molar-refractivity contribution >= 4 is 11.3 Å². The van der Waals surface area contributed by atoms with Gasteiger partial charge in [0.1, 0.15) is 0 Å². The molecule has 1 N–H and O–H groups in total. The molecular formula is C13H22OS. The van der Waals surface area contributed by atoms with Crippen LogP contribution in [-0.4, -0.2) is 11.2 Å². The molecule has 0 aliphatic carbocycles. The third-order valence-corrected chi connectivity index (χ3v) is 3.89. The Bertz CT molecular complexity index is 271. The van der Waals surface area contributed by atoms with Crippen LogP contribution in [0.25, 0.3) is 0 Å². The van der Waals surface area contributed by atoms with Crippen LogP contribution in [0.3, 0.4) is 0 Å². The number of aliphatic hydroxyl groups is 1. The van der Waals surface area contributed by atoms with Gasteiger partial charge in [-0.25, -0.2) is 0 Å². The van der Waals surface area contributed by atoms with Gasteiger partial charge in [0.2, 0.25) is 0 Å². The molecule has 1 aromatic heterocycles. The van der Waals surface area contributed by atoms with Crippen molar-refractivity contribution in [2.24, 2.45) is 11.3 Å². The van der Waals surface area contributed by atoms with Gasteiger partial charge in [-0.2, -0.15) is 11.3 Å². The molecular weight excluding hydrogens is 204 g/mol. The molecule has 2 atom stereocenters. The number of rotatable bonds is 4. The fraction of sp³-hybridized carbons (Fsp3) is 0.692. The van der Waals surface area contributed by atoms with Crippen molar-refractivity contribution in [1.29, 1.82) is 0 Å². The zero-order valence-electron chi connectivity index (χ0n) is 10.2. The summed E-state index contributed by atoms with van der Waals surface area (Å²) >= 11 is 1.69. The van der Waals surface area contributed by atoms with Crippen LogP contribution in [0.5, 0.6) is 0 Å². The minimum Gasteiger partial charge on any atom is -0.393 e. The third kappa shape index (κ3) is 4.35. The van der Waals surface area contributed by atoms with Crippen molar-refractivity contribution in [1.82, 2.24) is 0 Å². The molecule has 0 radical (unpaired) electrons. The molecule has 15 heavy (non-hydrogen) atoms. The van der Waals surface area contributed by atoms with Gasteiger partial charge in [-0.15, -0.1) is 0 Å². The number of hydrogen-bond acceptors (Lipinski definition) is 2. The largest absolute Gasteiger partial charge is 0.393 e. The van der Waals surface area contributed by atoms with E-state index < -0.39 is 0 Å². The Hall–Kier alpha value is -0.340. The quantitative estimate of drug-likeness (QED) is 0.829. The predicted molar refractivity (Wildman–Crippen MR) is 67.3 cm³/mol. The van der Waals surface area contributed by atoms with Crippen LogP contribution < -0.4 is 0 Å². The molecule has 1 rings (SSSR count). The standard InChI is InChI=1S/C13H22OS/c1-10(13(2,3)4)7-12(14)8-11-5-6-15-9-11/h5-6,9-10,12,14H,7-8H2,1-4H3. The van der Waals surface area contributed by atoms with E-state index in [1.54, 1.807) is 11.3 Å². The summed E-state index contributed by atoms with van der Waals surface area (Å²) in [5.74, 6) is 0.547. The SMILES string of the molecule is CC(CC(O)Cc1ccsc1)C(C)(C)C. The molecule has 2 unspecified atom stereocenters. The zero-order chi connectivity index (χ0) is 11.5. The van der Waals surface area contributed by atoms with Crippen LogP contribution in [0.1, 0.15) is 39.7 Å². The zero-order valence-corrected chi connectivity index (χ0v) is 11.0. The Morgan fingerprint density at radius 2 is 2.07 bits per heavy atom. The first-order valence-electron chi connectivity index (χ1n) is 5.58. The van der Waals surface area contributed by atoms with Gasteiger partial charge in [0.05, 0.1) is 6.10 Å². The van der Waals surface area contributed by atoms with E-state index in [1.807, 2.05) is 0 Å². The smallest absolute Gasteiger partial charge is 0.0583 e. The molecule has 86 valence electrons. The molecule has 0 bridgehead atoms. The molecule has 0 aromatic carbocycles. The summed E-state index contributed by atoms with van der Waals surface area (Å²) in [5, 5.41) is 14.1. The number of aliphatic hydroxyl groups excluding tert-OH is 1. The Kier molecular flexibility index (Phi) is 4.35. The highest BCUT2D eigenvalue weighted by Crippen LogP contribution is 2.29. The summed E-state index contributed by atoms with van der Waals surface area (Å²) in [6.07, 6.45) is 1.48. The van der Waals surface area contributed by atoms with Gasteiger partial charge < -0.3 is 5.11 Å². The van der Waals surface area contributed by atoms with E-state index in [2.05, 4.69) is 44.5 Å². The summed E-state index contributed by atoms with van der Waals surface area (Å²) in [6, 6.07) is 2.09. The molecule has 1 aromatic rings. The topological polar surface area (TPSA) is 20.2 Å². The maximum absolute atomic E-state index is 9.96. The van der Waals surface area contributed by atoms with Crippen molar-refractivity contribution in [3.05, 3.63) is 22.4 Å².